The molecule has 0 aromatic heterocycles. The van der Waals surface area contributed by atoms with Crippen molar-refractivity contribution in [3.05, 3.63) is 24.3 Å². The molecule has 0 heterocycles. The molecule has 0 radical (unpaired) electrons. The number of carbonyl (C=O) groups is 1. The Bertz CT molecular complexity index is 240. The van der Waals surface area contributed by atoms with Gasteiger partial charge in [0.25, 0.3) is 0 Å². The minimum absolute atomic E-state index is 0. The summed E-state index contributed by atoms with van der Waals surface area (Å²) in [4.78, 5) is 8.00. The molecule has 3 N–H and O–H groups in total. The van der Waals surface area contributed by atoms with Crippen LogP contribution in [0.2, 0.25) is 0 Å². The molecule has 1 aromatic rings. The summed E-state index contributed by atoms with van der Waals surface area (Å²) in [5.41, 5.74) is 0. The molecule has 1 aromatic carbocycles. The average Bonchev–Trinajstić information content (AvgIpc) is 2.13. The van der Waals surface area contributed by atoms with Gasteiger partial charge in [0.2, 0.25) is 0 Å². The number of carbonyl (C=O) groups excluding carboxylic acids is 1. The summed E-state index contributed by atoms with van der Waals surface area (Å²) in [5, 5.41) is 17.3. The van der Waals surface area contributed by atoms with E-state index in [0.29, 0.717) is 0 Å². The molecular formula is C7H9NaO6S. The number of phenolic OH excluding ortho intramolecular Hbond substituents is 2. The number of hydrogen-bond acceptors (Lipinski definition) is 5. The third-order valence-electron chi connectivity index (χ3n) is 0.850. The summed E-state index contributed by atoms with van der Waals surface area (Å²) in [5.74, 6) is 0.339. The normalized spacial score (nSPS) is 9.20. The predicted molar refractivity (Wildman–Crippen MR) is 48.4 cm³/mol. The van der Waals surface area contributed by atoms with E-state index < -0.39 is 11.4 Å². The topological polar surface area (TPSA) is 118 Å². The first-order chi connectivity index (χ1) is 6.52. The van der Waals surface area contributed by atoms with Crippen LogP contribution >= 0.6 is 0 Å². The van der Waals surface area contributed by atoms with Crippen LogP contribution in [0.3, 0.4) is 0 Å². The van der Waals surface area contributed by atoms with E-state index in [4.69, 9.17) is 28.3 Å². The van der Waals surface area contributed by atoms with Crippen molar-refractivity contribution >= 4 is 18.2 Å². The van der Waals surface area contributed by atoms with Crippen molar-refractivity contribution in [1.82, 2.24) is 0 Å². The van der Waals surface area contributed by atoms with Gasteiger partial charge in [-0.05, 0) is 24.3 Å². The van der Waals surface area contributed by atoms with Crippen molar-refractivity contribution in [1.29, 1.82) is 0 Å². The van der Waals surface area contributed by atoms with E-state index in [9.17, 15) is 0 Å². The third-order valence-corrected chi connectivity index (χ3v) is 0.850. The molecular weight excluding hydrogens is 235 g/mol. The van der Waals surface area contributed by atoms with Crippen molar-refractivity contribution in [2.45, 2.75) is 0 Å². The van der Waals surface area contributed by atoms with Gasteiger partial charge in [-0.1, -0.05) is 0 Å². The first-order valence-corrected chi connectivity index (χ1v) is 4.10. The average molecular weight is 244 g/mol. The number of rotatable bonds is 0. The molecule has 15 heavy (non-hydrogen) atoms. The Hall–Kier alpha value is -0.440. The van der Waals surface area contributed by atoms with Gasteiger partial charge in [-0.25, -0.2) is 4.21 Å². The fourth-order valence-electron chi connectivity index (χ4n) is 0.453. The first-order valence-electron chi connectivity index (χ1n) is 3.07. The summed E-state index contributed by atoms with van der Waals surface area (Å²) >= 11 is -2.86. The van der Waals surface area contributed by atoms with Gasteiger partial charge in [0.1, 0.15) is 18.3 Å². The second kappa shape index (κ2) is 13.6. The van der Waals surface area contributed by atoms with Crippen LogP contribution in [0.4, 0.5) is 0 Å². The van der Waals surface area contributed by atoms with Crippen LogP contribution in [0.25, 0.3) is 0 Å². The monoisotopic (exact) mass is 244 g/mol. The molecule has 1 unspecified atom stereocenters. The molecule has 0 aliphatic heterocycles. The SMILES string of the molecule is C=O.O=S([O-])O.Oc1ccc(O)cc1.[Na+]. The maximum Gasteiger partial charge on any atom is 1.00 e. The van der Waals surface area contributed by atoms with Crippen LogP contribution in [0.1, 0.15) is 0 Å². The van der Waals surface area contributed by atoms with Crippen molar-refractivity contribution in [3.8, 4) is 11.5 Å². The molecule has 0 amide bonds. The van der Waals surface area contributed by atoms with E-state index in [1.807, 2.05) is 6.79 Å². The number of benzene rings is 1. The molecule has 1 atom stereocenters. The van der Waals surface area contributed by atoms with E-state index in [1.165, 1.54) is 24.3 Å². The molecule has 0 aliphatic rings. The van der Waals surface area contributed by atoms with Crippen molar-refractivity contribution < 1.29 is 57.9 Å². The van der Waals surface area contributed by atoms with Gasteiger partial charge in [-0.3, -0.25) is 0 Å². The summed E-state index contributed by atoms with van der Waals surface area (Å²) in [6.07, 6.45) is 0. The second-order valence-electron chi connectivity index (χ2n) is 1.73. The zero-order valence-electron chi connectivity index (χ0n) is 7.99. The molecule has 0 bridgehead atoms. The molecule has 8 heteroatoms. The van der Waals surface area contributed by atoms with Gasteiger partial charge in [0.05, 0.1) is 11.4 Å². The zero-order chi connectivity index (χ0) is 11.6. The second-order valence-corrected chi connectivity index (χ2v) is 2.17. The van der Waals surface area contributed by atoms with Crippen LogP contribution in [-0.4, -0.2) is 30.3 Å². The number of phenols is 2. The van der Waals surface area contributed by atoms with E-state index in [1.54, 1.807) is 0 Å². The number of hydrogen-bond donors (Lipinski definition) is 3. The van der Waals surface area contributed by atoms with Gasteiger partial charge < -0.3 is 24.1 Å². The van der Waals surface area contributed by atoms with Crippen LogP contribution < -0.4 is 29.6 Å². The van der Waals surface area contributed by atoms with E-state index in [-0.39, 0.29) is 41.1 Å². The molecule has 0 aliphatic carbocycles. The fraction of sp³-hybridized carbons (Fsp3) is 0. The molecule has 0 saturated carbocycles. The molecule has 1 rings (SSSR count). The molecule has 0 saturated heterocycles. The van der Waals surface area contributed by atoms with E-state index in [2.05, 4.69) is 0 Å². The van der Waals surface area contributed by atoms with E-state index in [0.717, 1.165) is 0 Å². The van der Waals surface area contributed by atoms with Crippen LogP contribution in [-0.2, 0) is 16.2 Å². The molecule has 0 fully saturated rings. The van der Waals surface area contributed by atoms with E-state index >= 15 is 0 Å². The minimum atomic E-state index is -2.86. The summed E-state index contributed by atoms with van der Waals surface area (Å²) in [6, 6.07) is 5.70. The Labute approximate surface area is 111 Å². The maximum atomic E-state index is 8.65. The van der Waals surface area contributed by atoms with Crippen molar-refractivity contribution in [2.75, 3.05) is 0 Å². The molecule has 80 valence electrons. The predicted octanol–water partition coefficient (Wildman–Crippen LogP) is -2.74. The van der Waals surface area contributed by atoms with Gasteiger partial charge in [-0.15, -0.1) is 0 Å². The van der Waals surface area contributed by atoms with Crippen molar-refractivity contribution in [3.63, 3.8) is 0 Å². The minimum Gasteiger partial charge on any atom is -0.750 e. The Morgan fingerprint density at radius 2 is 1.20 bits per heavy atom. The summed E-state index contributed by atoms with van der Waals surface area (Å²) in [6.45, 7) is 2.00. The fourth-order valence-corrected chi connectivity index (χ4v) is 0.453. The molecule has 6 nitrogen and oxygen atoms in total. The molecule has 0 spiro atoms. The van der Waals surface area contributed by atoms with Crippen LogP contribution in [0.15, 0.2) is 24.3 Å². The zero-order valence-corrected chi connectivity index (χ0v) is 10.8. The maximum absolute atomic E-state index is 8.65. The summed E-state index contributed by atoms with van der Waals surface area (Å²) in [7, 11) is 0. The quantitative estimate of drug-likeness (QED) is 0.259. The third kappa shape index (κ3) is 19.8. The van der Waals surface area contributed by atoms with Gasteiger partial charge in [0, 0.05) is 0 Å². The Balaban J connectivity index is -0.000000179. The van der Waals surface area contributed by atoms with Gasteiger partial charge in [-0.2, -0.15) is 0 Å². The summed E-state index contributed by atoms with van der Waals surface area (Å²) < 4.78 is 24.1. The Morgan fingerprint density at radius 3 is 1.33 bits per heavy atom. The Morgan fingerprint density at radius 1 is 1.07 bits per heavy atom. The smallest absolute Gasteiger partial charge is 0.750 e. The largest absolute Gasteiger partial charge is 1.00 e. The number of aromatic hydroxyl groups is 2. The van der Waals surface area contributed by atoms with Crippen LogP contribution in [0, 0.1) is 0 Å². The van der Waals surface area contributed by atoms with Gasteiger partial charge in [0.15, 0.2) is 0 Å². The standard InChI is InChI=1S/C6H6O2.CH2O.Na.H2O3S/c7-5-1-2-6(8)4-3-5;1-2;;1-4(2)3/h1-4,7-8H;1H2;;(H2,1,2,3)/q;;+1;/p-1. The van der Waals surface area contributed by atoms with Crippen LogP contribution in [0.5, 0.6) is 11.5 Å². The van der Waals surface area contributed by atoms with Gasteiger partial charge >= 0.3 is 29.6 Å². The first kappa shape index (κ1) is 20.0. The Kier molecular flexibility index (Phi) is 18.1. The van der Waals surface area contributed by atoms with Crippen molar-refractivity contribution in [2.24, 2.45) is 0 Å².